The highest BCUT2D eigenvalue weighted by atomic mass is 35.5. The molecule has 1 aromatic carbocycles. The zero-order chi connectivity index (χ0) is 16.8. The Morgan fingerprint density at radius 3 is 2.70 bits per heavy atom. The topological polar surface area (TPSA) is 76.2 Å². The van der Waals surface area contributed by atoms with Crippen LogP contribution in [0.2, 0.25) is 5.02 Å². The van der Waals surface area contributed by atoms with Gasteiger partial charge in [-0.3, -0.25) is 4.79 Å². The average molecular weight is 351 g/mol. The van der Waals surface area contributed by atoms with Gasteiger partial charge in [0.05, 0.1) is 5.92 Å². The quantitative estimate of drug-likeness (QED) is 0.668. The molecule has 0 amide bonds. The number of pyridine rings is 1. The molecule has 2 atom stereocenters. The van der Waals surface area contributed by atoms with Crippen molar-refractivity contribution in [1.29, 1.82) is 0 Å². The zero-order valence-electron chi connectivity index (χ0n) is 12.5. The third kappa shape index (κ3) is 5.44. The lowest BCUT2D eigenvalue weighted by Crippen LogP contribution is -2.27. The lowest BCUT2D eigenvalue weighted by Gasteiger charge is -2.19. The summed E-state index contributed by atoms with van der Waals surface area (Å²) < 4.78 is 0. The van der Waals surface area contributed by atoms with Gasteiger partial charge in [0.1, 0.15) is 5.82 Å². The highest BCUT2D eigenvalue weighted by molar-refractivity contribution is 7.81. The minimum atomic E-state index is -0.854. The maximum Gasteiger partial charge on any atom is 0.307 e. The van der Waals surface area contributed by atoms with Crippen molar-refractivity contribution in [3.05, 3.63) is 58.7 Å². The van der Waals surface area contributed by atoms with E-state index in [0.29, 0.717) is 23.7 Å². The van der Waals surface area contributed by atoms with E-state index in [0.717, 1.165) is 17.5 Å². The fourth-order valence-electron chi connectivity index (χ4n) is 2.41. The molecule has 0 aliphatic carbocycles. The first-order valence-corrected chi connectivity index (χ1v) is 8.21. The molecule has 122 valence electrons. The fraction of sp³-hybridized carbons (Fsp3) is 0.294. The van der Waals surface area contributed by atoms with Crippen molar-refractivity contribution in [2.75, 3.05) is 5.73 Å². The van der Waals surface area contributed by atoms with Gasteiger partial charge in [-0.15, -0.1) is 0 Å². The molecule has 2 aromatic rings. The van der Waals surface area contributed by atoms with Crippen molar-refractivity contribution in [3.8, 4) is 0 Å². The summed E-state index contributed by atoms with van der Waals surface area (Å²) in [6.07, 6.45) is 3.39. The van der Waals surface area contributed by atoms with Gasteiger partial charge >= 0.3 is 5.97 Å². The minimum absolute atomic E-state index is 0.260. The van der Waals surface area contributed by atoms with E-state index >= 15 is 0 Å². The Morgan fingerprint density at radius 1 is 1.30 bits per heavy atom. The Kier molecular flexibility index (Phi) is 6.30. The van der Waals surface area contributed by atoms with Crippen LogP contribution in [0.15, 0.2) is 42.6 Å². The van der Waals surface area contributed by atoms with Crippen LogP contribution in [-0.4, -0.2) is 21.3 Å². The van der Waals surface area contributed by atoms with Crippen molar-refractivity contribution < 1.29 is 9.90 Å². The highest BCUT2D eigenvalue weighted by Crippen LogP contribution is 2.22. The van der Waals surface area contributed by atoms with Gasteiger partial charge in [-0.25, -0.2) is 4.98 Å². The summed E-state index contributed by atoms with van der Waals surface area (Å²) in [5, 5.41) is 9.91. The number of aryl methyl sites for hydroxylation is 1. The van der Waals surface area contributed by atoms with Gasteiger partial charge in [0, 0.05) is 16.5 Å². The second kappa shape index (κ2) is 8.22. The summed E-state index contributed by atoms with van der Waals surface area (Å²) in [6.45, 7) is 0. The van der Waals surface area contributed by atoms with E-state index < -0.39 is 11.9 Å². The number of nitrogens with two attached hydrogens (primary N) is 1. The molecule has 0 spiro atoms. The number of rotatable bonds is 7. The lowest BCUT2D eigenvalue weighted by atomic mass is 9.93. The summed E-state index contributed by atoms with van der Waals surface area (Å²) >= 11 is 10.5. The first-order chi connectivity index (χ1) is 11.0. The number of thiol groups is 1. The zero-order valence-corrected chi connectivity index (χ0v) is 14.2. The third-order valence-corrected chi connectivity index (χ3v) is 4.56. The number of benzene rings is 1. The van der Waals surface area contributed by atoms with E-state index in [4.69, 9.17) is 17.3 Å². The average Bonchev–Trinajstić information content (AvgIpc) is 2.52. The van der Waals surface area contributed by atoms with Crippen LogP contribution in [0, 0.1) is 5.92 Å². The number of halogens is 1. The second-order valence-corrected chi connectivity index (χ2v) is 6.58. The fourth-order valence-corrected chi connectivity index (χ4v) is 2.98. The van der Waals surface area contributed by atoms with Gasteiger partial charge in [-0.2, -0.15) is 12.6 Å². The number of carboxylic acid groups (broad SMARTS) is 1. The van der Waals surface area contributed by atoms with Crippen LogP contribution in [0.1, 0.15) is 17.5 Å². The number of hydrogen-bond donors (Lipinski definition) is 3. The molecule has 6 heteroatoms. The van der Waals surface area contributed by atoms with Crippen LogP contribution < -0.4 is 5.73 Å². The lowest BCUT2D eigenvalue weighted by molar-refractivity contribution is -0.141. The molecule has 2 rings (SSSR count). The van der Waals surface area contributed by atoms with Crippen molar-refractivity contribution >= 4 is 36.0 Å². The molecule has 4 nitrogen and oxygen atoms in total. The van der Waals surface area contributed by atoms with E-state index in [-0.39, 0.29) is 5.25 Å². The van der Waals surface area contributed by atoms with E-state index in [1.807, 2.05) is 24.3 Å². The third-order valence-electron chi connectivity index (χ3n) is 3.70. The molecule has 0 radical (unpaired) electrons. The summed E-state index contributed by atoms with van der Waals surface area (Å²) in [4.78, 5) is 15.6. The molecule has 1 heterocycles. The molecule has 0 saturated heterocycles. The van der Waals surface area contributed by atoms with Gasteiger partial charge in [-0.1, -0.05) is 29.8 Å². The number of aliphatic carboxylic acids is 1. The Hall–Kier alpha value is -1.72. The number of carbonyl (C=O) groups is 1. The van der Waals surface area contributed by atoms with E-state index in [9.17, 15) is 9.90 Å². The van der Waals surface area contributed by atoms with E-state index in [1.165, 1.54) is 0 Å². The number of carboxylic acids is 1. The number of nitrogen functional groups attached to an aromatic ring is 1. The molecule has 0 aliphatic rings. The van der Waals surface area contributed by atoms with Crippen molar-refractivity contribution in [3.63, 3.8) is 0 Å². The van der Waals surface area contributed by atoms with Gasteiger partial charge < -0.3 is 10.8 Å². The SMILES string of the molecule is Nc1ccc(CC(C(=O)O)C(S)CCc2cccc(Cl)c2)cn1. The monoisotopic (exact) mass is 350 g/mol. The van der Waals surface area contributed by atoms with Crippen molar-refractivity contribution in [2.24, 2.45) is 5.92 Å². The van der Waals surface area contributed by atoms with Crippen LogP contribution in [0.4, 0.5) is 5.82 Å². The first-order valence-electron chi connectivity index (χ1n) is 7.31. The highest BCUT2D eigenvalue weighted by Gasteiger charge is 2.25. The molecule has 2 unspecified atom stereocenters. The van der Waals surface area contributed by atoms with Crippen LogP contribution in [0.3, 0.4) is 0 Å². The Bertz CT molecular complexity index is 664. The minimum Gasteiger partial charge on any atom is -0.481 e. The molecular formula is C17H19ClN2O2S. The molecule has 3 N–H and O–H groups in total. The number of anilines is 1. The standard InChI is InChI=1S/C17H19ClN2O2S/c18-13-3-1-2-11(8-13)4-6-15(23)14(17(21)22)9-12-5-7-16(19)20-10-12/h1-3,5,7-8,10,14-15,23H,4,6,9H2,(H2,19,20)(H,21,22). The molecular weight excluding hydrogens is 332 g/mol. The normalized spacial score (nSPS) is 13.5. The molecule has 0 fully saturated rings. The van der Waals surface area contributed by atoms with Gasteiger partial charge in [0.25, 0.3) is 0 Å². The largest absolute Gasteiger partial charge is 0.481 e. The maximum atomic E-state index is 11.6. The summed E-state index contributed by atoms with van der Waals surface area (Å²) in [7, 11) is 0. The maximum absolute atomic E-state index is 11.6. The Labute approximate surface area is 146 Å². The van der Waals surface area contributed by atoms with Crippen LogP contribution in [0.5, 0.6) is 0 Å². The van der Waals surface area contributed by atoms with Crippen LogP contribution >= 0.6 is 24.2 Å². The first kappa shape index (κ1) is 17.6. The van der Waals surface area contributed by atoms with Crippen LogP contribution in [-0.2, 0) is 17.6 Å². The summed E-state index contributed by atoms with van der Waals surface area (Å²) in [5.74, 6) is -1.01. The van der Waals surface area contributed by atoms with Crippen molar-refractivity contribution in [2.45, 2.75) is 24.5 Å². The molecule has 0 saturated carbocycles. The van der Waals surface area contributed by atoms with E-state index in [1.54, 1.807) is 18.3 Å². The van der Waals surface area contributed by atoms with Crippen LogP contribution in [0.25, 0.3) is 0 Å². The molecule has 23 heavy (non-hydrogen) atoms. The number of nitrogens with zero attached hydrogens (tertiary/aromatic N) is 1. The predicted octanol–water partition coefficient (Wildman–Crippen LogP) is 3.49. The Balaban J connectivity index is 1.99. The Morgan fingerprint density at radius 2 is 2.09 bits per heavy atom. The van der Waals surface area contributed by atoms with E-state index in [2.05, 4.69) is 17.6 Å². The summed E-state index contributed by atoms with van der Waals surface area (Å²) in [6, 6.07) is 11.1. The second-order valence-electron chi connectivity index (χ2n) is 5.48. The predicted molar refractivity (Wildman–Crippen MR) is 96.0 cm³/mol. The van der Waals surface area contributed by atoms with Gasteiger partial charge in [0.15, 0.2) is 0 Å². The smallest absolute Gasteiger partial charge is 0.307 e. The van der Waals surface area contributed by atoms with Gasteiger partial charge in [-0.05, 0) is 48.6 Å². The molecule has 0 bridgehead atoms. The number of hydrogen-bond acceptors (Lipinski definition) is 4. The van der Waals surface area contributed by atoms with Gasteiger partial charge in [0.2, 0.25) is 0 Å². The molecule has 1 aromatic heterocycles. The van der Waals surface area contributed by atoms with Crippen molar-refractivity contribution in [1.82, 2.24) is 4.98 Å². The number of aromatic nitrogens is 1. The molecule has 0 aliphatic heterocycles. The summed E-state index contributed by atoms with van der Waals surface area (Å²) in [5.41, 5.74) is 7.47.